The van der Waals surface area contributed by atoms with E-state index in [1.807, 2.05) is 91.0 Å². The number of benzene rings is 4. The Hall–Kier alpha value is -4.68. The average Bonchev–Trinajstić information content (AvgIpc) is 3.45. The number of amides is 2. The Labute approximate surface area is 297 Å². The molecule has 4 atom stereocenters. The monoisotopic (exact) mass is 702 g/mol. The second kappa shape index (κ2) is 18.0. The van der Waals surface area contributed by atoms with Crippen molar-refractivity contribution in [2.24, 2.45) is 0 Å². The van der Waals surface area contributed by atoms with Gasteiger partial charge in [-0.25, -0.2) is 13.6 Å². The van der Waals surface area contributed by atoms with Crippen LogP contribution < -0.4 is 10.6 Å². The number of hydrogen-bond acceptors (Lipinski definition) is 7. The number of carbonyl (C=O) groups excluding carboxylic acids is 2. The smallest absolute Gasteiger partial charge is 0.408 e. The first-order valence-corrected chi connectivity index (χ1v) is 16.9. The highest BCUT2D eigenvalue weighted by Crippen LogP contribution is 2.40. The maximum Gasteiger partial charge on any atom is 0.408 e. The molecule has 1 fully saturated rings. The molecule has 0 spiro atoms. The predicted octanol–water partition coefficient (Wildman–Crippen LogP) is 6.93. The van der Waals surface area contributed by atoms with Gasteiger partial charge in [-0.05, 0) is 43.5 Å². The standard InChI is InChI=1S/C40H44F2N2O7/c1-40(2,3)51-39(46)44-22-35(45)43-21-30-19-31(33(42)20-32(30)41)36-38(49-25-29-17-11-6-12-18-29)37(48-24-28-15-9-5-10-16-28)34(50-36)26-47-23-27-13-7-4-8-14-27/h4-20,34,36-38H,21-26H2,1-3H3,(H,43,45)(H,44,46)/t34-,36+,37?,38+/m1/s1. The lowest BCUT2D eigenvalue weighted by atomic mass is 9.98. The van der Waals surface area contributed by atoms with Crippen molar-refractivity contribution in [1.82, 2.24) is 10.6 Å². The molecule has 51 heavy (non-hydrogen) atoms. The molecule has 0 saturated carbocycles. The number of rotatable bonds is 15. The van der Waals surface area contributed by atoms with Crippen LogP contribution in [0.25, 0.3) is 0 Å². The number of ether oxygens (including phenoxy) is 5. The summed E-state index contributed by atoms with van der Waals surface area (Å²) in [5, 5.41) is 4.92. The molecule has 0 radical (unpaired) electrons. The van der Waals surface area contributed by atoms with Crippen LogP contribution in [0.2, 0.25) is 0 Å². The van der Waals surface area contributed by atoms with E-state index in [9.17, 15) is 9.59 Å². The molecule has 9 nitrogen and oxygen atoms in total. The Bertz CT molecular complexity index is 1700. The predicted molar refractivity (Wildman–Crippen MR) is 186 cm³/mol. The van der Waals surface area contributed by atoms with Crippen LogP contribution in [0.4, 0.5) is 13.6 Å². The van der Waals surface area contributed by atoms with E-state index < -0.39 is 60.2 Å². The summed E-state index contributed by atoms with van der Waals surface area (Å²) in [6.45, 7) is 5.30. The summed E-state index contributed by atoms with van der Waals surface area (Å²) in [5.41, 5.74) is 2.13. The summed E-state index contributed by atoms with van der Waals surface area (Å²) in [7, 11) is 0. The lowest BCUT2D eigenvalue weighted by molar-refractivity contribution is -0.120. The molecule has 1 aliphatic rings. The Balaban J connectivity index is 1.37. The van der Waals surface area contributed by atoms with Crippen molar-refractivity contribution in [1.29, 1.82) is 0 Å². The summed E-state index contributed by atoms with van der Waals surface area (Å²) >= 11 is 0. The zero-order chi connectivity index (χ0) is 36.2. The third-order valence-corrected chi connectivity index (χ3v) is 8.01. The Kier molecular flexibility index (Phi) is 13.3. The second-order valence-electron chi connectivity index (χ2n) is 13.2. The first kappa shape index (κ1) is 37.6. The molecule has 2 N–H and O–H groups in total. The van der Waals surface area contributed by atoms with Crippen molar-refractivity contribution in [2.45, 2.75) is 77.2 Å². The van der Waals surface area contributed by atoms with Gasteiger partial charge in [-0.3, -0.25) is 4.79 Å². The average molecular weight is 703 g/mol. The zero-order valence-electron chi connectivity index (χ0n) is 29.0. The maximum atomic E-state index is 15.7. The summed E-state index contributed by atoms with van der Waals surface area (Å²) in [4.78, 5) is 24.5. The highest BCUT2D eigenvalue weighted by Gasteiger charge is 2.48. The largest absolute Gasteiger partial charge is 0.444 e. The quantitative estimate of drug-likeness (QED) is 0.139. The van der Waals surface area contributed by atoms with Gasteiger partial charge in [0.15, 0.2) is 0 Å². The molecule has 1 unspecified atom stereocenters. The van der Waals surface area contributed by atoms with Gasteiger partial charge in [0.2, 0.25) is 5.91 Å². The van der Waals surface area contributed by atoms with E-state index >= 15 is 8.78 Å². The zero-order valence-corrected chi connectivity index (χ0v) is 29.0. The summed E-state index contributed by atoms with van der Waals surface area (Å²) in [6.07, 6.45) is -3.96. The summed E-state index contributed by atoms with van der Waals surface area (Å²) in [6, 6.07) is 30.9. The van der Waals surface area contributed by atoms with Crippen LogP contribution >= 0.6 is 0 Å². The summed E-state index contributed by atoms with van der Waals surface area (Å²) in [5.74, 6) is -2.27. The fraction of sp³-hybridized carbons (Fsp3) is 0.350. The van der Waals surface area contributed by atoms with Crippen LogP contribution in [0.1, 0.15) is 54.7 Å². The SMILES string of the molecule is CC(C)(C)OC(=O)NCC(=O)NCc1cc([C@@H]2O[C@H](COCc3ccccc3)C(OCc3ccccc3)[C@H]2OCc2ccccc2)c(F)cc1F. The molecule has 0 aromatic heterocycles. The van der Waals surface area contributed by atoms with Gasteiger partial charge in [0.1, 0.15) is 48.2 Å². The fourth-order valence-electron chi connectivity index (χ4n) is 5.59. The van der Waals surface area contributed by atoms with Gasteiger partial charge in [0.05, 0.1) is 26.4 Å². The van der Waals surface area contributed by atoms with Gasteiger partial charge in [0, 0.05) is 23.7 Å². The normalized spacial score (nSPS) is 18.7. The molecule has 4 aromatic carbocycles. The van der Waals surface area contributed by atoms with Gasteiger partial charge in [-0.15, -0.1) is 0 Å². The highest BCUT2D eigenvalue weighted by atomic mass is 19.1. The Morgan fingerprint density at radius 2 is 1.27 bits per heavy atom. The van der Waals surface area contributed by atoms with Gasteiger partial charge in [0.25, 0.3) is 0 Å². The number of alkyl carbamates (subject to hydrolysis) is 1. The van der Waals surface area contributed by atoms with Gasteiger partial charge in [-0.2, -0.15) is 0 Å². The third kappa shape index (κ3) is 11.4. The Morgan fingerprint density at radius 3 is 1.84 bits per heavy atom. The van der Waals surface area contributed by atoms with E-state index in [4.69, 9.17) is 23.7 Å². The van der Waals surface area contributed by atoms with Crippen LogP contribution in [-0.2, 0) is 54.8 Å². The first-order valence-electron chi connectivity index (χ1n) is 16.9. The van der Waals surface area contributed by atoms with E-state index in [0.29, 0.717) is 6.61 Å². The van der Waals surface area contributed by atoms with Crippen LogP contribution in [0, 0.1) is 11.6 Å². The molecule has 11 heteroatoms. The van der Waals surface area contributed by atoms with E-state index in [2.05, 4.69) is 10.6 Å². The number of nitrogens with one attached hydrogen (secondary N) is 2. The van der Waals surface area contributed by atoms with E-state index in [-0.39, 0.29) is 37.5 Å². The minimum atomic E-state index is -1.01. The fourth-order valence-corrected chi connectivity index (χ4v) is 5.59. The molecule has 1 heterocycles. The van der Waals surface area contributed by atoms with E-state index in [1.54, 1.807) is 20.8 Å². The van der Waals surface area contributed by atoms with E-state index in [1.165, 1.54) is 6.07 Å². The number of carbonyl (C=O) groups is 2. The first-order chi connectivity index (χ1) is 24.6. The minimum Gasteiger partial charge on any atom is -0.444 e. The van der Waals surface area contributed by atoms with Crippen LogP contribution in [0.5, 0.6) is 0 Å². The molecular formula is C40H44F2N2O7. The molecule has 0 aliphatic carbocycles. The lowest BCUT2D eigenvalue weighted by Crippen LogP contribution is -2.39. The van der Waals surface area contributed by atoms with Gasteiger partial charge >= 0.3 is 6.09 Å². The Morgan fingerprint density at radius 1 is 0.725 bits per heavy atom. The molecule has 4 aromatic rings. The minimum absolute atomic E-state index is 0.0213. The van der Waals surface area contributed by atoms with Gasteiger partial charge in [-0.1, -0.05) is 91.0 Å². The van der Waals surface area contributed by atoms with Crippen molar-refractivity contribution in [3.8, 4) is 0 Å². The molecule has 5 rings (SSSR count). The molecule has 2 amide bonds. The van der Waals surface area contributed by atoms with Crippen molar-refractivity contribution < 1.29 is 42.1 Å². The van der Waals surface area contributed by atoms with E-state index in [0.717, 1.165) is 22.8 Å². The summed E-state index contributed by atoms with van der Waals surface area (Å²) < 4.78 is 61.6. The molecule has 1 saturated heterocycles. The number of hydrogen-bond donors (Lipinski definition) is 2. The topological polar surface area (TPSA) is 104 Å². The number of halogens is 2. The molecular weight excluding hydrogens is 658 g/mol. The van der Waals surface area contributed by atoms with Crippen molar-refractivity contribution in [3.63, 3.8) is 0 Å². The molecule has 0 bridgehead atoms. The van der Waals surface area contributed by atoms with Crippen LogP contribution in [0.3, 0.4) is 0 Å². The van der Waals surface area contributed by atoms with Crippen molar-refractivity contribution in [3.05, 3.63) is 143 Å². The maximum absolute atomic E-state index is 15.7. The molecule has 1 aliphatic heterocycles. The highest BCUT2D eigenvalue weighted by molar-refractivity contribution is 5.82. The third-order valence-electron chi connectivity index (χ3n) is 8.01. The second-order valence-corrected chi connectivity index (χ2v) is 13.2. The van der Waals surface area contributed by atoms with Crippen molar-refractivity contribution >= 4 is 12.0 Å². The van der Waals surface area contributed by atoms with Crippen molar-refractivity contribution in [2.75, 3.05) is 13.2 Å². The van der Waals surface area contributed by atoms with Crippen LogP contribution in [-0.4, -0.2) is 49.1 Å². The van der Waals surface area contributed by atoms with Gasteiger partial charge < -0.3 is 34.3 Å². The van der Waals surface area contributed by atoms with Crippen LogP contribution in [0.15, 0.2) is 103 Å². The molecule has 270 valence electrons. The lowest BCUT2D eigenvalue weighted by Gasteiger charge is -2.26.